The normalized spacial score (nSPS) is 9.83. The Morgan fingerprint density at radius 2 is 2.00 bits per heavy atom. The molecule has 5 nitrogen and oxygen atoms in total. The minimum absolute atomic E-state index is 0.267. The van der Waals surface area contributed by atoms with Gasteiger partial charge in [0.05, 0.1) is 12.7 Å². The molecule has 1 heterocycles. The number of hydrogen-bond acceptors (Lipinski definition) is 4. The van der Waals surface area contributed by atoms with Crippen LogP contribution >= 0.6 is 0 Å². The third kappa shape index (κ3) is 2.09. The molecule has 0 N–H and O–H groups in total. The SMILES string of the molecule is COc1ccc(-c2nn(C)c(=O)cc2C#N)cc1. The van der Waals surface area contributed by atoms with Gasteiger partial charge in [0.1, 0.15) is 17.5 Å². The molecule has 0 aliphatic carbocycles. The lowest BCUT2D eigenvalue weighted by Crippen LogP contribution is -2.20. The molecular weight excluding hydrogens is 230 g/mol. The van der Waals surface area contributed by atoms with Gasteiger partial charge in [-0.05, 0) is 24.3 Å². The van der Waals surface area contributed by atoms with Crippen molar-refractivity contribution in [2.75, 3.05) is 7.11 Å². The van der Waals surface area contributed by atoms with Crippen LogP contribution in [0.5, 0.6) is 5.75 Å². The summed E-state index contributed by atoms with van der Waals surface area (Å²) in [5, 5.41) is 13.1. The van der Waals surface area contributed by atoms with Crippen molar-refractivity contribution < 1.29 is 4.74 Å². The molecule has 0 spiro atoms. The maximum Gasteiger partial charge on any atom is 0.267 e. The van der Waals surface area contributed by atoms with Gasteiger partial charge in [-0.25, -0.2) is 4.68 Å². The standard InChI is InChI=1S/C13H11N3O2/c1-16-12(17)7-10(8-14)13(15-16)9-3-5-11(18-2)6-4-9/h3-7H,1-2H3. The fourth-order valence-electron chi connectivity index (χ4n) is 1.59. The third-order valence-electron chi connectivity index (χ3n) is 2.58. The first-order valence-electron chi connectivity index (χ1n) is 5.28. The molecule has 18 heavy (non-hydrogen) atoms. The van der Waals surface area contributed by atoms with E-state index >= 15 is 0 Å². The van der Waals surface area contributed by atoms with Crippen LogP contribution in [0, 0.1) is 11.3 Å². The number of aryl methyl sites for hydroxylation is 1. The first kappa shape index (κ1) is 11.9. The Balaban J connectivity index is 2.59. The Bertz CT molecular complexity index is 666. The van der Waals surface area contributed by atoms with E-state index in [4.69, 9.17) is 10.00 Å². The molecule has 0 atom stereocenters. The van der Waals surface area contributed by atoms with Crippen molar-refractivity contribution in [3.63, 3.8) is 0 Å². The van der Waals surface area contributed by atoms with Crippen LogP contribution < -0.4 is 10.3 Å². The summed E-state index contributed by atoms with van der Waals surface area (Å²) < 4.78 is 6.27. The first-order valence-corrected chi connectivity index (χ1v) is 5.28. The van der Waals surface area contributed by atoms with Crippen LogP contribution in [0.15, 0.2) is 35.1 Å². The van der Waals surface area contributed by atoms with Gasteiger partial charge >= 0.3 is 0 Å². The molecule has 0 amide bonds. The fraction of sp³-hybridized carbons (Fsp3) is 0.154. The third-order valence-corrected chi connectivity index (χ3v) is 2.58. The van der Waals surface area contributed by atoms with Gasteiger partial charge in [0.25, 0.3) is 5.56 Å². The zero-order valence-corrected chi connectivity index (χ0v) is 10.0. The van der Waals surface area contributed by atoms with E-state index in [2.05, 4.69) is 5.10 Å². The van der Waals surface area contributed by atoms with Crippen molar-refractivity contribution in [3.05, 3.63) is 46.2 Å². The smallest absolute Gasteiger partial charge is 0.267 e. The molecule has 1 aromatic carbocycles. The Morgan fingerprint density at radius 3 is 2.56 bits per heavy atom. The number of benzene rings is 1. The highest BCUT2D eigenvalue weighted by Crippen LogP contribution is 2.22. The summed E-state index contributed by atoms with van der Waals surface area (Å²) in [4.78, 5) is 11.4. The molecule has 0 unspecified atom stereocenters. The lowest BCUT2D eigenvalue weighted by atomic mass is 10.1. The number of rotatable bonds is 2. The Hall–Kier alpha value is -2.61. The average molecular weight is 241 g/mol. The van der Waals surface area contributed by atoms with Crippen molar-refractivity contribution in [1.82, 2.24) is 9.78 Å². The average Bonchev–Trinajstić information content (AvgIpc) is 2.41. The van der Waals surface area contributed by atoms with E-state index in [1.54, 1.807) is 38.4 Å². The van der Waals surface area contributed by atoms with Gasteiger partial charge in [-0.1, -0.05) is 0 Å². The highest BCUT2D eigenvalue weighted by Gasteiger charge is 2.09. The maximum absolute atomic E-state index is 11.4. The van der Waals surface area contributed by atoms with Gasteiger partial charge in [0.15, 0.2) is 0 Å². The van der Waals surface area contributed by atoms with Crippen molar-refractivity contribution >= 4 is 0 Å². The van der Waals surface area contributed by atoms with Crippen LogP contribution in [-0.4, -0.2) is 16.9 Å². The van der Waals surface area contributed by atoms with E-state index in [9.17, 15) is 4.79 Å². The molecule has 2 aromatic rings. The summed E-state index contributed by atoms with van der Waals surface area (Å²) >= 11 is 0. The molecule has 0 radical (unpaired) electrons. The summed E-state index contributed by atoms with van der Waals surface area (Å²) in [7, 11) is 3.14. The van der Waals surface area contributed by atoms with Crippen molar-refractivity contribution in [3.8, 4) is 23.1 Å². The molecule has 0 saturated heterocycles. The van der Waals surface area contributed by atoms with E-state index in [-0.39, 0.29) is 11.1 Å². The van der Waals surface area contributed by atoms with E-state index in [0.29, 0.717) is 5.69 Å². The van der Waals surface area contributed by atoms with Gasteiger partial charge in [-0.2, -0.15) is 10.4 Å². The van der Waals surface area contributed by atoms with E-state index in [1.165, 1.54) is 10.7 Å². The van der Waals surface area contributed by atoms with Crippen LogP contribution in [0.4, 0.5) is 0 Å². The van der Waals surface area contributed by atoms with Gasteiger partial charge in [0, 0.05) is 18.7 Å². The van der Waals surface area contributed by atoms with Crippen LogP contribution in [0.2, 0.25) is 0 Å². The van der Waals surface area contributed by atoms with Crippen molar-refractivity contribution in [1.29, 1.82) is 5.26 Å². The lowest BCUT2D eigenvalue weighted by Gasteiger charge is -2.06. The van der Waals surface area contributed by atoms with Gasteiger partial charge in [-0.15, -0.1) is 0 Å². The second-order valence-corrected chi connectivity index (χ2v) is 3.71. The Kier molecular flexibility index (Phi) is 3.11. The number of nitriles is 1. The van der Waals surface area contributed by atoms with Gasteiger partial charge < -0.3 is 4.74 Å². The molecule has 0 saturated carbocycles. The van der Waals surface area contributed by atoms with Crippen molar-refractivity contribution in [2.45, 2.75) is 0 Å². The summed E-state index contributed by atoms with van der Waals surface area (Å²) in [5.41, 5.74) is 1.22. The summed E-state index contributed by atoms with van der Waals surface area (Å²) in [5.74, 6) is 0.724. The second-order valence-electron chi connectivity index (χ2n) is 3.71. The maximum atomic E-state index is 11.4. The Morgan fingerprint density at radius 1 is 1.33 bits per heavy atom. The summed E-state index contributed by atoms with van der Waals surface area (Å²) in [6.07, 6.45) is 0. The minimum Gasteiger partial charge on any atom is -0.497 e. The van der Waals surface area contributed by atoms with Gasteiger partial charge in [0.2, 0.25) is 0 Å². The number of nitrogens with zero attached hydrogens (tertiary/aromatic N) is 3. The molecule has 2 rings (SSSR count). The zero-order chi connectivity index (χ0) is 13.1. The van der Waals surface area contributed by atoms with E-state index < -0.39 is 0 Å². The number of ether oxygens (including phenoxy) is 1. The first-order chi connectivity index (χ1) is 8.65. The molecule has 0 fully saturated rings. The van der Waals surface area contributed by atoms with Crippen molar-refractivity contribution in [2.24, 2.45) is 7.05 Å². The van der Waals surface area contributed by atoms with Crippen LogP contribution in [0.3, 0.4) is 0 Å². The molecule has 0 bridgehead atoms. The van der Waals surface area contributed by atoms with Crippen LogP contribution in [0.25, 0.3) is 11.3 Å². The minimum atomic E-state index is -0.302. The highest BCUT2D eigenvalue weighted by molar-refractivity contribution is 5.66. The fourth-order valence-corrected chi connectivity index (χ4v) is 1.59. The molecule has 1 aromatic heterocycles. The molecule has 0 aliphatic rings. The number of hydrogen-bond donors (Lipinski definition) is 0. The lowest BCUT2D eigenvalue weighted by molar-refractivity contribution is 0.415. The largest absolute Gasteiger partial charge is 0.497 e. The second kappa shape index (κ2) is 4.72. The summed E-state index contributed by atoms with van der Waals surface area (Å²) in [6, 6.07) is 10.4. The molecule has 0 aliphatic heterocycles. The monoisotopic (exact) mass is 241 g/mol. The predicted octanol–water partition coefficient (Wildman–Crippen LogP) is 1.33. The molecular formula is C13H11N3O2. The molecule has 5 heteroatoms. The topological polar surface area (TPSA) is 67.9 Å². The zero-order valence-electron chi connectivity index (χ0n) is 10.0. The predicted molar refractivity (Wildman–Crippen MR) is 66.2 cm³/mol. The van der Waals surface area contributed by atoms with Crippen LogP contribution in [0.1, 0.15) is 5.56 Å². The van der Waals surface area contributed by atoms with Gasteiger partial charge in [-0.3, -0.25) is 4.79 Å². The molecule has 90 valence electrons. The number of aromatic nitrogens is 2. The summed E-state index contributed by atoms with van der Waals surface area (Å²) in [6.45, 7) is 0. The van der Waals surface area contributed by atoms with E-state index in [0.717, 1.165) is 11.3 Å². The Labute approximate surface area is 104 Å². The quantitative estimate of drug-likeness (QED) is 0.795. The van der Waals surface area contributed by atoms with Crippen LogP contribution in [-0.2, 0) is 7.05 Å². The highest BCUT2D eigenvalue weighted by atomic mass is 16.5. The number of methoxy groups -OCH3 is 1. The van der Waals surface area contributed by atoms with E-state index in [1.807, 2.05) is 6.07 Å².